The van der Waals surface area contributed by atoms with Crippen LogP contribution in [0, 0.1) is 0 Å². The van der Waals surface area contributed by atoms with Gasteiger partial charge >= 0.3 is 0 Å². The third-order valence-electron chi connectivity index (χ3n) is 5.60. The number of methoxy groups -OCH3 is 1. The van der Waals surface area contributed by atoms with Gasteiger partial charge in [-0.25, -0.2) is 8.42 Å². The highest BCUT2D eigenvalue weighted by atomic mass is 32.2. The number of benzene rings is 2. The van der Waals surface area contributed by atoms with Gasteiger partial charge in [-0.1, -0.05) is 17.3 Å². The summed E-state index contributed by atoms with van der Waals surface area (Å²) in [5.41, 5.74) is 1.76. The van der Waals surface area contributed by atoms with Crippen LogP contribution in [0.4, 0.5) is 0 Å². The highest BCUT2D eigenvalue weighted by Crippen LogP contribution is 2.26. The Morgan fingerprint density at radius 3 is 2.42 bits per heavy atom. The molecule has 1 fully saturated rings. The number of rotatable bonds is 8. The molecule has 3 aromatic rings. The van der Waals surface area contributed by atoms with Crippen LogP contribution in [0.15, 0.2) is 59.1 Å². The number of sulfone groups is 1. The normalized spacial score (nSPS) is 17.0. The predicted molar refractivity (Wildman–Crippen MR) is 123 cm³/mol. The van der Waals surface area contributed by atoms with Crippen LogP contribution in [0.5, 0.6) is 11.5 Å². The number of aromatic nitrogens is 1. The topological polar surface area (TPSA) is 98.9 Å². The van der Waals surface area contributed by atoms with Gasteiger partial charge in [-0.3, -0.25) is 4.79 Å². The standard InChI is InChI=1S/C24H26N2O6S/c1-3-31-21-8-4-17(5-9-21)15-26(19-12-13-33(28,29)16-19)24(27)22-14-23(32-25-22)18-6-10-20(30-2)11-7-18/h4-11,14,19H,3,12-13,15-16H2,1-2H3. The zero-order valence-electron chi connectivity index (χ0n) is 18.6. The van der Waals surface area contributed by atoms with E-state index in [0.717, 1.165) is 16.9 Å². The summed E-state index contributed by atoms with van der Waals surface area (Å²) in [7, 11) is -1.59. The minimum atomic E-state index is -3.18. The van der Waals surface area contributed by atoms with Gasteiger partial charge in [-0.05, 0) is 55.3 Å². The van der Waals surface area contributed by atoms with Crippen molar-refractivity contribution in [3.05, 3.63) is 65.9 Å². The molecule has 2 heterocycles. The maximum Gasteiger partial charge on any atom is 0.276 e. The van der Waals surface area contributed by atoms with Crippen molar-refractivity contribution in [2.24, 2.45) is 0 Å². The first-order valence-corrected chi connectivity index (χ1v) is 12.5. The fourth-order valence-corrected chi connectivity index (χ4v) is 5.59. The molecule has 1 saturated heterocycles. The summed E-state index contributed by atoms with van der Waals surface area (Å²) in [6.45, 7) is 2.73. The first-order chi connectivity index (χ1) is 15.9. The third-order valence-corrected chi connectivity index (χ3v) is 7.35. The van der Waals surface area contributed by atoms with E-state index in [9.17, 15) is 13.2 Å². The minimum absolute atomic E-state index is 0.0566. The average Bonchev–Trinajstić information content (AvgIpc) is 3.45. The van der Waals surface area contributed by atoms with E-state index in [1.165, 1.54) is 0 Å². The fraction of sp³-hybridized carbons (Fsp3) is 0.333. The van der Waals surface area contributed by atoms with Crippen LogP contribution < -0.4 is 9.47 Å². The van der Waals surface area contributed by atoms with Crippen LogP contribution in [0.2, 0.25) is 0 Å². The second-order valence-electron chi connectivity index (χ2n) is 7.87. The van der Waals surface area contributed by atoms with Crippen molar-refractivity contribution >= 4 is 15.7 Å². The molecule has 8 nitrogen and oxygen atoms in total. The van der Waals surface area contributed by atoms with Crippen molar-refractivity contribution in [1.29, 1.82) is 0 Å². The van der Waals surface area contributed by atoms with Crippen molar-refractivity contribution in [1.82, 2.24) is 10.1 Å². The molecule has 0 N–H and O–H groups in total. The summed E-state index contributed by atoms with van der Waals surface area (Å²) in [6.07, 6.45) is 0.397. The molecule has 33 heavy (non-hydrogen) atoms. The smallest absolute Gasteiger partial charge is 0.276 e. The van der Waals surface area contributed by atoms with Gasteiger partial charge in [-0.15, -0.1) is 0 Å². The van der Waals surface area contributed by atoms with Gasteiger partial charge < -0.3 is 18.9 Å². The summed E-state index contributed by atoms with van der Waals surface area (Å²) < 4.78 is 40.3. The average molecular weight is 471 g/mol. The van der Waals surface area contributed by atoms with Crippen LogP contribution in [-0.2, 0) is 16.4 Å². The first-order valence-electron chi connectivity index (χ1n) is 10.7. The minimum Gasteiger partial charge on any atom is -0.497 e. The van der Waals surface area contributed by atoms with Crippen molar-refractivity contribution < 1.29 is 27.2 Å². The Balaban J connectivity index is 1.58. The molecule has 9 heteroatoms. The molecule has 1 aliphatic heterocycles. The van der Waals surface area contributed by atoms with Crippen LogP contribution >= 0.6 is 0 Å². The van der Waals surface area contributed by atoms with Gasteiger partial charge in [0.25, 0.3) is 5.91 Å². The van der Waals surface area contributed by atoms with Crippen LogP contribution in [0.25, 0.3) is 11.3 Å². The maximum atomic E-state index is 13.4. The molecule has 1 aromatic heterocycles. The molecule has 174 valence electrons. The van der Waals surface area contributed by atoms with E-state index in [1.54, 1.807) is 30.2 Å². The predicted octanol–water partition coefficient (Wildman–Crippen LogP) is 3.58. The SMILES string of the molecule is CCOc1ccc(CN(C(=O)c2cc(-c3ccc(OC)cc3)on2)C2CCS(=O)(=O)C2)cc1. The molecule has 0 spiro atoms. The summed E-state index contributed by atoms with van der Waals surface area (Å²) in [4.78, 5) is 15.0. The quantitative estimate of drug-likeness (QED) is 0.496. The van der Waals surface area contributed by atoms with Gasteiger partial charge in [0.15, 0.2) is 21.3 Å². The molecule has 1 amide bonds. The Morgan fingerprint density at radius 1 is 1.12 bits per heavy atom. The zero-order chi connectivity index (χ0) is 23.4. The third kappa shape index (κ3) is 5.36. The Bertz CT molecular complexity index is 1200. The summed E-state index contributed by atoms with van der Waals surface area (Å²) in [5, 5.41) is 3.98. The largest absolute Gasteiger partial charge is 0.497 e. The van der Waals surface area contributed by atoms with Gasteiger partial charge in [0.2, 0.25) is 0 Å². The van der Waals surface area contributed by atoms with Gasteiger partial charge in [0.1, 0.15) is 11.5 Å². The van der Waals surface area contributed by atoms with Gasteiger partial charge in [0, 0.05) is 24.2 Å². The highest BCUT2D eigenvalue weighted by Gasteiger charge is 2.36. The highest BCUT2D eigenvalue weighted by molar-refractivity contribution is 7.91. The number of nitrogens with zero attached hydrogens (tertiary/aromatic N) is 2. The number of hydrogen-bond donors (Lipinski definition) is 0. The van der Waals surface area contributed by atoms with Crippen molar-refractivity contribution in [3.8, 4) is 22.8 Å². The Kier molecular flexibility index (Phi) is 6.69. The molecule has 1 aliphatic rings. The van der Waals surface area contributed by atoms with E-state index in [4.69, 9.17) is 14.0 Å². The van der Waals surface area contributed by atoms with Crippen LogP contribution in [0.1, 0.15) is 29.4 Å². The molecular formula is C24H26N2O6S. The summed E-state index contributed by atoms with van der Waals surface area (Å²) >= 11 is 0. The lowest BCUT2D eigenvalue weighted by Crippen LogP contribution is -2.40. The molecule has 0 radical (unpaired) electrons. The van der Waals surface area contributed by atoms with Crippen molar-refractivity contribution in [3.63, 3.8) is 0 Å². The molecule has 0 bridgehead atoms. The van der Waals surface area contributed by atoms with Crippen molar-refractivity contribution in [2.75, 3.05) is 25.2 Å². The van der Waals surface area contributed by atoms with Gasteiger partial charge in [-0.2, -0.15) is 0 Å². The number of hydrogen-bond acceptors (Lipinski definition) is 7. The lowest BCUT2D eigenvalue weighted by atomic mass is 10.1. The Hall–Kier alpha value is -3.33. The number of ether oxygens (including phenoxy) is 2. The lowest BCUT2D eigenvalue weighted by Gasteiger charge is -2.27. The van der Waals surface area contributed by atoms with Crippen molar-refractivity contribution in [2.45, 2.75) is 25.9 Å². The summed E-state index contributed by atoms with van der Waals surface area (Å²) in [6, 6.07) is 15.8. The fourth-order valence-electron chi connectivity index (χ4n) is 3.86. The molecule has 1 unspecified atom stereocenters. The Morgan fingerprint density at radius 2 is 1.82 bits per heavy atom. The second-order valence-corrected chi connectivity index (χ2v) is 10.1. The molecule has 4 rings (SSSR count). The van der Waals surface area contributed by atoms with E-state index in [-0.39, 0.29) is 29.7 Å². The molecule has 2 aromatic carbocycles. The molecular weight excluding hydrogens is 444 g/mol. The van der Waals surface area contributed by atoms with E-state index in [2.05, 4.69) is 5.16 Å². The number of carbonyl (C=O) groups excluding carboxylic acids is 1. The van der Waals surface area contributed by atoms with E-state index < -0.39 is 15.9 Å². The summed E-state index contributed by atoms with van der Waals surface area (Å²) in [5.74, 6) is 1.54. The maximum absolute atomic E-state index is 13.4. The monoisotopic (exact) mass is 470 g/mol. The Labute approximate surface area is 193 Å². The molecule has 0 aliphatic carbocycles. The van der Waals surface area contributed by atoms with E-state index in [1.807, 2.05) is 43.3 Å². The van der Waals surface area contributed by atoms with Crippen LogP contribution in [0.3, 0.4) is 0 Å². The van der Waals surface area contributed by atoms with E-state index in [0.29, 0.717) is 24.5 Å². The number of amides is 1. The van der Waals surface area contributed by atoms with Crippen LogP contribution in [-0.4, -0.2) is 55.6 Å². The molecule has 0 saturated carbocycles. The zero-order valence-corrected chi connectivity index (χ0v) is 19.4. The molecule has 1 atom stereocenters. The van der Waals surface area contributed by atoms with E-state index >= 15 is 0 Å². The lowest BCUT2D eigenvalue weighted by molar-refractivity contribution is 0.0670. The first kappa shape index (κ1) is 22.8. The number of carbonyl (C=O) groups is 1. The van der Waals surface area contributed by atoms with Gasteiger partial charge in [0.05, 0.1) is 25.2 Å². The second kappa shape index (κ2) is 9.66.